The quantitative estimate of drug-likeness (QED) is 0.894. The summed E-state index contributed by atoms with van der Waals surface area (Å²) in [6, 6.07) is 1.90. The van der Waals surface area contributed by atoms with Crippen molar-refractivity contribution in [2.75, 3.05) is 25.1 Å². The molecule has 21 heavy (non-hydrogen) atoms. The number of carbonyl (C=O) groups excluding carboxylic acids is 1. The molecule has 1 fully saturated rings. The molecule has 7 heteroatoms. The molecule has 0 aromatic carbocycles. The molecule has 2 aromatic heterocycles. The van der Waals surface area contributed by atoms with Crippen LogP contribution in [0.15, 0.2) is 18.6 Å². The fourth-order valence-electron chi connectivity index (χ4n) is 2.37. The number of anilines is 1. The average molecular weight is 290 g/mol. The molecule has 1 aliphatic rings. The third-order valence-corrected chi connectivity index (χ3v) is 3.50. The predicted molar refractivity (Wildman–Crippen MR) is 76.1 cm³/mol. The van der Waals surface area contributed by atoms with Crippen LogP contribution in [-0.2, 0) is 14.3 Å². The molecule has 1 aliphatic heterocycles. The second-order valence-electron chi connectivity index (χ2n) is 5.13. The standard InChI is InChI=1S/C14H18N4O3/c1-10-4-5-18-9-15-17-14(18)13(10)16-12(19)8-20-7-11-3-2-6-21-11/h4-5,9,11H,2-3,6-8H2,1H3,(H,16,19). The van der Waals surface area contributed by atoms with Crippen LogP contribution in [0.3, 0.4) is 0 Å². The molecule has 0 spiro atoms. The van der Waals surface area contributed by atoms with Crippen LogP contribution in [0.25, 0.3) is 5.65 Å². The topological polar surface area (TPSA) is 77.8 Å². The Morgan fingerprint density at radius 3 is 3.33 bits per heavy atom. The second-order valence-corrected chi connectivity index (χ2v) is 5.13. The van der Waals surface area contributed by atoms with E-state index in [1.165, 1.54) is 0 Å². The van der Waals surface area contributed by atoms with Crippen molar-refractivity contribution in [3.63, 3.8) is 0 Å². The van der Waals surface area contributed by atoms with Crippen LogP contribution in [0.4, 0.5) is 5.69 Å². The van der Waals surface area contributed by atoms with Gasteiger partial charge in [0, 0.05) is 12.8 Å². The molecule has 2 aromatic rings. The lowest BCUT2D eigenvalue weighted by molar-refractivity contribution is -0.121. The Morgan fingerprint density at radius 1 is 1.62 bits per heavy atom. The van der Waals surface area contributed by atoms with E-state index in [2.05, 4.69) is 15.5 Å². The lowest BCUT2D eigenvalue weighted by atomic mass is 10.2. The highest BCUT2D eigenvalue weighted by molar-refractivity contribution is 5.96. The minimum atomic E-state index is -0.202. The number of fused-ring (bicyclic) bond motifs is 1. The molecule has 0 aliphatic carbocycles. The number of hydrogen-bond acceptors (Lipinski definition) is 5. The van der Waals surface area contributed by atoms with Gasteiger partial charge in [0.2, 0.25) is 5.91 Å². The summed E-state index contributed by atoms with van der Waals surface area (Å²) in [5, 5.41) is 10.7. The summed E-state index contributed by atoms with van der Waals surface area (Å²) >= 11 is 0. The molecule has 0 saturated carbocycles. The van der Waals surface area contributed by atoms with E-state index in [1.54, 1.807) is 10.7 Å². The molecule has 0 radical (unpaired) electrons. The molecule has 1 saturated heterocycles. The Bertz CT molecular complexity index is 634. The maximum atomic E-state index is 12.0. The largest absolute Gasteiger partial charge is 0.376 e. The molecule has 7 nitrogen and oxygen atoms in total. The van der Waals surface area contributed by atoms with E-state index in [4.69, 9.17) is 9.47 Å². The van der Waals surface area contributed by atoms with Crippen LogP contribution in [-0.4, -0.2) is 46.4 Å². The highest BCUT2D eigenvalue weighted by Crippen LogP contribution is 2.19. The zero-order valence-electron chi connectivity index (χ0n) is 11.9. The van der Waals surface area contributed by atoms with Crippen molar-refractivity contribution in [1.82, 2.24) is 14.6 Å². The summed E-state index contributed by atoms with van der Waals surface area (Å²) in [4.78, 5) is 12.0. The van der Waals surface area contributed by atoms with E-state index >= 15 is 0 Å². The maximum Gasteiger partial charge on any atom is 0.250 e. The Kier molecular flexibility index (Phi) is 4.12. The van der Waals surface area contributed by atoms with Crippen LogP contribution in [0.5, 0.6) is 0 Å². The zero-order chi connectivity index (χ0) is 14.7. The molecule has 1 atom stereocenters. The van der Waals surface area contributed by atoms with Crippen molar-refractivity contribution in [1.29, 1.82) is 0 Å². The fourth-order valence-corrected chi connectivity index (χ4v) is 2.37. The van der Waals surface area contributed by atoms with E-state index in [0.717, 1.165) is 25.0 Å². The summed E-state index contributed by atoms with van der Waals surface area (Å²) < 4.78 is 12.6. The van der Waals surface area contributed by atoms with Crippen molar-refractivity contribution in [2.24, 2.45) is 0 Å². The van der Waals surface area contributed by atoms with Crippen molar-refractivity contribution >= 4 is 17.2 Å². The molecule has 1 unspecified atom stereocenters. The van der Waals surface area contributed by atoms with Gasteiger partial charge >= 0.3 is 0 Å². The monoisotopic (exact) mass is 290 g/mol. The van der Waals surface area contributed by atoms with Gasteiger partial charge in [-0.25, -0.2) is 0 Å². The Morgan fingerprint density at radius 2 is 2.52 bits per heavy atom. The van der Waals surface area contributed by atoms with E-state index in [1.807, 2.05) is 19.2 Å². The van der Waals surface area contributed by atoms with Gasteiger partial charge in [-0.1, -0.05) is 0 Å². The first-order chi connectivity index (χ1) is 10.2. The molecule has 1 amide bonds. The first kappa shape index (κ1) is 14.0. The summed E-state index contributed by atoms with van der Waals surface area (Å²) in [6.07, 6.45) is 5.64. The first-order valence-electron chi connectivity index (χ1n) is 7.02. The normalized spacial score (nSPS) is 18.2. The van der Waals surface area contributed by atoms with Crippen LogP contribution in [0, 0.1) is 6.92 Å². The number of pyridine rings is 1. The average Bonchev–Trinajstić information content (AvgIpc) is 3.13. The highest BCUT2D eigenvalue weighted by atomic mass is 16.5. The Balaban J connectivity index is 1.58. The SMILES string of the molecule is Cc1ccn2cnnc2c1NC(=O)COCC1CCCO1. The predicted octanol–water partition coefficient (Wildman–Crippen LogP) is 1.17. The number of carbonyl (C=O) groups is 1. The van der Waals surface area contributed by atoms with Gasteiger partial charge in [0.25, 0.3) is 0 Å². The molecule has 3 rings (SSSR count). The number of nitrogens with one attached hydrogen (secondary N) is 1. The van der Waals surface area contributed by atoms with Crippen LogP contribution in [0.2, 0.25) is 0 Å². The van der Waals surface area contributed by atoms with Crippen LogP contribution in [0.1, 0.15) is 18.4 Å². The molecule has 3 heterocycles. The van der Waals surface area contributed by atoms with Crippen molar-refractivity contribution in [3.05, 3.63) is 24.2 Å². The smallest absolute Gasteiger partial charge is 0.250 e. The highest BCUT2D eigenvalue weighted by Gasteiger charge is 2.16. The van der Waals surface area contributed by atoms with Gasteiger partial charge in [-0.05, 0) is 31.4 Å². The van der Waals surface area contributed by atoms with E-state index in [-0.39, 0.29) is 18.6 Å². The fraction of sp³-hybridized carbons (Fsp3) is 0.500. The second kappa shape index (κ2) is 6.19. The zero-order valence-corrected chi connectivity index (χ0v) is 11.9. The molecular formula is C14H18N4O3. The number of aryl methyl sites for hydroxylation is 1. The molecule has 1 N–H and O–H groups in total. The summed E-state index contributed by atoms with van der Waals surface area (Å²) in [5.41, 5.74) is 2.23. The minimum absolute atomic E-state index is 0.00842. The first-order valence-corrected chi connectivity index (χ1v) is 7.02. The number of aromatic nitrogens is 3. The number of nitrogens with zero attached hydrogens (tertiary/aromatic N) is 3. The van der Waals surface area contributed by atoms with Gasteiger partial charge in [-0.3, -0.25) is 9.20 Å². The lowest BCUT2D eigenvalue weighted by Crippen LogP contribution is -2.23. The van der Waals surface area contributed by atoms with Crippen molar-refractivity contribution in [3.8, 4) is 0 Å². The van der Waals surface area contributed by atoms with E-state index in [9.17, 15) is 4.79 Å². The van der Waals surface area contributed by atoms with Gasteiger partial charge in [0.05, 0.1) is 18.4 Å². The van der Waals surface area contributed by atoms with E-state index in [0.29, 0.717) is 17.9 Å². The van der Waals surface area contributed by atoms with Crippen LogP contribution < -0.4 is 5.32 Å². The van der Waals surface area contributed by atoms with Gasteiger partial charge in [-0.15, -0.1) is 10.2 Å². The number of hydrogen-bond donors (Lipinski definition) is 1. The van der Waals surface area contributed by atoms with Crippen molar-refractivity contribution in [2.45, 2.75) is 25.9 Å². The summed E-state index contributed by atoms with van der Waals surface area (Å²) in [6.45, 7) is 3.17. The molecular weight excluding hydrogens is 272 g/mol. The van der Waals surface area contributed by atoms with E-state index < -0.39 is 0 Å². The minimum Gasteiger partial charge on any atom is -0.376 e. The van der Waals surface area contributed by atoms with Gasteiger partial charge in [0.1, 0.15) is 12.9 Å². The maximum absolute atomic E-state index is 12.0. The van der Waals surface area contributed by atoms with Crippen LogP contribution >= 0.6 is 0 Å². The number of rotatable bonds is 5. The number of amides is 1. The molecule has 112 valence electrons. The summed E-state index contributed by atoms with van der Waals surface area (Å²) in [5.74, 6) is -0.202. The Labute approximate surface area is 122 Å². The van der Waals surface area contributed by atoms with Gasteiger partial charge < -0.3 is 14.8 Å². The lowest BCUT2D eigenvalue weighted by Gasteiger charge is -2.11. The third-order valence-electron chi connectivity index (χ3n) is 3.50. The van der Waals surface area contributed by atoms with Gasteiger partial charge in [0.15, 0.2) is 5.65 Å². The Hall–Kier alpha value is -1.99. The number of ether oxygens (including phenoxy) is 2. The van der Waals surface area contributed by atoms with Crippen molar-refractivity contribution < 1.29 is 14.3 Å². The summed E-state index contributed by atoms with van der Waals surface area (Å²) in [7, 11) is 0. The molecule has 0 bridgehead atoms. The third kappa shape index (κ3) is 3.20. The van der Waals surface area contributed by atoms with Gasteiger partial charge in [-0.2, -0.15) is 0 Å².